The summed E-state index contributed by atoms with van der Waals surface area (Å²) in [5.41, 5.74) is 3.95. The van der Waals surface area contributed by atoms with Crippen molar-refractivity contribution in [1.29, 1.82) is 0 Å². The van der Waals surface area contributed by atoms with Gasteiger partial charge in [-0.3, -0.25) is 9.69 Å². The molecule has 2 aromatic rings. The fourth-order valence-corrected chi connectivity index (χ4v) is 3.10. The summed E-state index contributed by atoms with van der Waals surface area (Å²) >= 11 is 0. The number of urea groups is 1. The van der Waals surface area contributed by atoms with E-state index in [1.165, 1.54) is 5.56 Å². The van der Waals surface area contributed by atoms with Crippen LogP contribution in [0.5, 0.6) is 0 Å². The van der Waals surface area contributed by atoms with Crippen LogP contribution in [0.3, 0.4) is 0 Å². The molecule has 1 heterocycles. The summed E-state index contributed by atoms with van der Waals surface area (Å²) in [7, 11) is 0. The van der Waals surface area contributed by atoms with Crippen molar-refractivity contribution < 1.29 is 9.59 Å². The van der Waals surface area contributed by atoms with E-state index in [-0.39, 0.29) is 18.5 Å². The van der Waals surface area contributed by atoms with Gasteiger partial charge in [0.2, 0.25) is 5.91 Å². The Morgan fingerprint density at radius 3 is 2.50 bits per heavy atom. The Hall–Kier alpha value is -2.82. The van der Waals surface area contributed by atoms with E-state index >= 15 is 0 Å². The zero-order valence-electron chi connectivity index (χ0n) is 15.5. The zero-order valence-corrected chi connectivity index (χ0v) is 15.5. The molecule has 1 saturated heterocycles. The van der Waals surface area contributed by atoms with Gasteiger partial charge in [-0.15, -0.1) is 0 Å². The maximum absolute atomic E-state index is 12.6. The Labute approximate surface area is 154 Å². The van der Waals surface area contributed by atoms with Gasteiger partial charge in [-0.05, 0) is 48.2 Å². The average Bonchev–Trinajstić information content (AvgIpc) is 2.95. The summed E-state index contributed by atoms with van der Waals surface area (Å²) in [6, 6.07) is 15.6. The van der Waals surface area contributed by atoms with Crippen LogP contribution in [0.1, 0.15) is 30.9 Å². The largest absolute Gasteiger partial charge is 0.325 e. The lowest BCUT2D eigenvalue weighted by atomic mass is 10.0. The van der Waals surface area contributed by atoms with Gasteiger partial charge in [0.05, 0.1) is 0 Å². The number of rotatable bonds is 5. The normalized spacial score (nSPS) is 14.2. The fraction of sp³-hybridized carbons (Fsp3) is 0.333. The highest BCUT2D eigenvalue weighted by Gasteiger charge is 2.30. The van der Waals surface area contributed by atoms with Crippen molar-refractivity contribution in [2.45, 2.75) is 26.7 Å². The molecule has 26 heavy (non-hydrogen) atoms. The lowest BCUT2D eigenvalue weighted by molar-refractivity contribution is -0.116. The molecule has 0 radical (unpaired) electrons. The lowest BCUT2D eigenvalue weighted by Gasteiger charge is -2.19. The Morgan fingerprint density at radius 1 is 1.12 bits per heavy atom. The van der Waals surface area contributed by atoms with Crippen molar-refractivity contribution in [3.05, 3.63) is 59.7 Å². The van der Waals surface area contributed by atoms with E-state index in [1.54, 1.807) is 9.80 Å². The van der Waals surface area contributed by atoms with Crippen LogP contribution in [0.25, 0.3) is 0 Å². The first-order chi connectivity index (χ1) is 12.4. The van der Waals surface area contributed by atoms with Crippen LogP contribution < -0.4 is 10.2 Å². The van der Waals surface area contributed by atoms with E-state index in [1.807, 2.05) is 43.3 Å². The van der Waals surface area contributed by atoms with E-state index in [9.17, 15) is 9.59 Å². The maximum atomic E-state index is 12.6. The third kappa shape index (κ3) is 4.04. The van der Waals surface area contributed by atoms with Crippen molar-refractivity contribution in [2.75, 3.05) is 29.9 Å². The number of hydrogen-bond acceptors (Lipinski definition) is 2. The highest BCUT2D eigenvalue weighted by molar-refractivity contribution is 5.99. The molecule has 1 fully saturated rings. The van der Waals surface area contributed by atoms with Crippen molar-refractivity contribution in [3.8, 4) is 0 Å². The minimum atomic E-state index is -0.180. The highest BCUT2D eigenvalue weighted by atomic mass is 16.2. The van der Waals surface area contributed by atoms with E-state index in [0.717, 1.165) is 16.9 Å². The van der Waals surface area contributed by atoms with Gasteiger partial charge < -0.3 is 10.2 Å². The quantitative estimate of drug-likeness (QED) is 0.885. The summed E-state index contributed by atoms with van der Waals surface area (Å²) in [5.74, 6) is 0.279. The number of carbonyl (C=O) groups is 2. The summed E-state index contributed by atoms with van der Waals surface area (Å²) in [6.07, 6.45) is 0. The molecule has 1 aliphatic heterocycles. The minimum Gasteiger partial charge on any atom is -0.325 e. The first-order valence-corrected chi connectivity index (χ1v) is 8.97. The first-order valence-electron chi connectivity index (χ1n) is 8.97. The van der Waals surface area contributed by atoms with Gasteiger partial charge in [-0.2, -0.15) is 0 Å². The van der Waals surface area contributed by atoms with Crippen molar-refractivity contribution in [3.63, 3.8) is 0 Å². The molecule has 0 atom stereocenters. The standard InChI is InChI=1S/C21H25N3O2/c1-15(2)17-7-9-19(10-8-17)24-12-11-23(21(24)26)14-20(25)22-18-6-4-5-16(3)13-18/h4-10,13,15H,11-12,14H2,1-3H3,(H,22,25). The van der Waals surface area contributed by atoms with Crippen LogP contribution in [-0.2, 0) is 4.79 Å². The van der Waals surface area contributed by atoms with Crippen molar-refractivity contribution in [1.82, 2.24) is 4.90 Å². The molecule has 2 aromatic carbocycles. The van der Waals surface area contributed by atoms with E-state index in [4.69, 9.17) is 0 Å². The van der Waals surface area contributed by atoms with Crippen LogP contribution in [0.15, 0.2) is 48.5 Å². The van der Waals surface area contributed by atoms with Crippen LogP contribution in [0.2, 0.25) is 0 Å². The van der Waals surface area contributed by atoms with Gasteiger partial charge in [-0.1, -0.05) is 38.1 Å². The van der Waals surface area contributed by atoms with Crippen LogP contribution in [-0.4, -0.2) is 36.5 Å². The molecular formula is C21H25N3O2. The van der Waals surface area contributed by atoms with Crippen LogP contribution in [0, 0.1) is 6.92 Å². The smallest absolute Gasteiger partial charge is 0.325 e. The summed E-state index contributed by atoms with van der Waals surface area (Å²) in [6.45, 7) is 7.47. The third-order valence-corrected chi connectivity index (χ3v) is 4.60. The summed E-state index contributed by atoms with van der Waals surface area (Å²) in [4.78, 5) is 28.2. The second-order valence-electron chi connectivity index (χ2n) is 7.02. The molecule has 0 bridgehead atoms. The molecule has 0 aliphatic carbocycles. The number of aryl methyl sites for hydroxylation is 1. The lowest BCUT2D eigenvalue weighted by Crippen LogP contribution is -2.37. The zero-order chi connectivity index (χ0) is 18.7. The molecule has 1 N–H and O–H groups in total. The molecule has 0 spiro atoms. The van der Waals surface area contributed by atoms with Crippen LogP contribution >= 0.6 is 0 Å². The average molecular weight is 351 g/mol. The van der Waals surface area contributed by atoms with Gasteiger partial charge in [0.25, 0.3) is 0 Å². The Morgan fingerprint density at radius 2 is 1.85 bits per heavy atom. The molecule has 3 rings (SSSR count). The molecule has 0 saturated carbocycles. The number of amides is 3. The van der Waals surface area contributed by atoms with Gasteiger partial charge in [-0.25, -0.2) is 4.79 Å². The number of carbonyl (C=O) groups excluding carboxylic acids is 2. The molecule has 0 aromatic heterocycles. The first kappa shape index (κ1) is 18.0. The molecule has 3 amide bonds. The second-order valence-corrected chi connectivity index (χ2v) is 7.02. The summed E-state index contributed by atoms with van der Waals surface area (Å²) in [5, 5.41) is 2.85. The minimum absolute atomic E-state index is 0.0629. The predicted molar refractivity (Wildman–Crippen MR) is 105 cm³/mol. The second kappa shape index (κ2) is 7.60. The van der Waals surface area contributed by atoms with Gasteiger partial charge >= 0.3 is 6.03 Å². The molecule has 1 aliphatic rings. The van der Waals surface area contributed by atoms with Gasteiger partial charge in [0.1, 0.15) is 6.54 Å². The van der Waals surface area contributed by atoms with Crippen molar-refractivity contribution in [2.24, 2.45) is 0 Å². The Balaban J connectivity index is 1.61. The number of hydrogen-bond donors (Lipinski definition) is 1. The topological polar surface area (TPSA) is 52.7 Å². The molecular weight excluding hydrogens is 326 g/mol. The fourth-order valence-electron chi connectivity index (χ4n) is 3.10. The molecule has 0 unspecified atom stereocenters. The van der Waals surface area contributed by atoms with Gasteiger partial charge in [0.15, 0.2) is 0 Å². The Bertz CT molecular complexity index is 799. The number of nitrogens with zero attached hydrogens (tertiary/aromatic N) is 2. The monoisotopic (exact) mass is 351 g/mol. The highest BCUT2D eigenvalue weighted by Crippen LogP contribution is 2.23. The maximum Gasteiger partial charge on any atom is 0.325 e. The van der Waals surface area contributed by atoms with E-state index in [2.05, 4.69) is 31.3 Å². The SMILES string of the molecule is Cc1cccc(NC(=O)CN2CCN(c3ccc(C(C)C)cc3)C2=O)c1. The molecule has 5 heteroatoms. The molecule has 5 nitrogen and oxygen atoms in total. The van der Waals surface area contributed by atoms with E-state index < -0.39 is 0 Å². The Kier molecular flexibility index (Phi) is 5.26. The number of benzene rings is 2. The predicted octanol–water partition coefficient (Wildman–Crippen LogP) is 4.00. The number of nitrogens with one attached hydrogen (secondary N) is 1. The van der Waals surface area contributed by atoms with E-state index in [0.29, 0.717) is 19.0 Å². The van der Waals surface area contributed by atoms with Gasteiger partial charge in [0, 0.05) is 24.5 Å². The number of anilines is 2. The summed E-state index contributed by atoms with van der Waals surface area (Å²) < 4.78 is 0. The molecule has 136 valence electrons. The third-order valence-electron chi connectivity index (χ3n) is 4.60. The van der Waals surface area contributed by atoms with Crippen LogP contribution in [0.4, 0.5) is 16.2 Å². The van der Waals surface area contributed by atoms with Crippen molar-refractivity contribution >= 4 is 23.3 Å².